The molecule has 0 spiro atoms. The van der Waals surface area contributed by atoms with Crippen molar-refractivity contribution in [2.45, 2.75) is 36.7 Å². The molecule has 1 aliphatic rings. The van der Waals surface area contributed by atoms with E-state index in [1.165, 1.54) is 0 Å². The normalized spacial score (nSPS) is 15.8. The number of fused-ring (bicyclic) bond motifs is 1. The van der Waals surface area contributed by atoms with Crippen molar-refractivity contribution in [3.05, 3.63) is 72.1 Å². The van der Waals surface area contributed by atoms with Crippen LogP contribution in [-0.2, 0) is 17.8 Å². The molecule has 7 heteroatoms. The maximum absolute atomic E-state index is 11.0. The summed E-state index contributed by atoms with van der Waals surface area (Å²) in [5, 5.41) is 13.3. The highest BCUT2D eigenvalue weighted by atomic mass is 32.2. The summed E-state index contributed by atoms with van der Waals surface area (Å²) in [7, 11) is 0. The minimum absolute atomic E-state index is 0.0892. The van der Waals surface area contributed by atoms with Gasteiger partial charge in [0.05, 0.1) is 6.20 Å². The van der Waals surface area contributed by atoms with Crippen LogP contribution in [0.15, 0.2) is 65.7 Å². The van der Waals surface area contributed by atoms with Crippen LogP contribution in [0.3, 0.4) is 0 Å². The van der Waals surface area contributed by atoms with E-state index in [9.17, 15) is 4.79 Å². The second kappa shape index (κ2) is 8.50. The zero-order valence-corrected chi connectivity index (χ0v) is 16.1. The Hall–Kier alpha value is -2.77. The molecular formula is C21H21N3O3S. The van der Waals surface area contributed by atoms with E-state index in [0.29, 0.717) is 0 Å². The van der Waals surface area contributed by atoms with Gasteiger partial charge < -0.3 is 9.84 Å². The van der Waals surface area contributed by atoms with Gasteiger partial charge >= 0.3 is 5.97 Å². The summed E-state index contributed by atoms with van der Waals surface area (Å²) < 4.78 is 11.0. The van der Waals surface area contributed by atoms with Gasteiger partial charge in [-0.15, -0.1) is 0 Å². The van der Waals surface area contributed by atoms with Crippen LogP contribution in [0.25, 0.3) is 0 Å². The number of rotatable bonds is 7. The average Bonchev–Trinajstić information content (AvgIpc) is 3.10. The largest absolute Gasteiger partial charge is 0.480 e. The van der Waals surface area contributed by atoms with Crippen LogP contribution in [0.2, 0.25) is 0 Å². The molecule has 0 saturated heterocycles. The third-order valence-corrected chi connectivity index (χ3v) is 5.54. The molecule has 2 aromatic carbocycles. The van der Waals surface area contributed by atoms with Crippen LogP contribution >= 0.6 is 11.9 Å². The summed E-state index contributed by atoms with van der Waals surface area (Å²) in [6.45, 7) is -0.0892. The zero-order chi connectivity index (χ0) is 19.3. The molecule has 1 heterocycles. The first-order valence-electron chi connectivity index (χ1n) is 9.21. The van der Waals surface area contributed by atoms with E-state index in [1.807, 2.05) is 54.6 Å². The highest BCUT2D eigenvalue weighted by Crippen LogP contribution is 2.33. The average molecular weight is 395 g/mol. The summed E-state index contributed by atoms with van der Waals surface area (Å²) in [6.07, 6.45) is 4.67. The summed E-state index contributed by atoms with van der Waals surface area (Å²) in [4.78, 5) is 12.1. The molecular weight excluding hydrogens is 374 g/mol. The Bertz CT molecular complexity index is 959. The molecule has 1 aliphatic carbocycles. The number of ether oxygens (including phenoxy) is 1. The lowest BCUT2D eigenvalue weighted by atomic mass is 9.94. The van der Waals surface area contributed by atoms with Crippen molar-refractivity contribution in [1.82, 2.24) is 14.5 Å². The van der Waals surface area contributed by atoms with Gasteiger partial charge in [-0.25, -0.2) is 0 Å². The lowest BCUT2D eigenvalue weighted by molar-refractivity contribution is -0.137. The van der Waals surface area contributed by atoms with Crippen LogP contribution < -0.4 is 9.46 Å². The molecule has 0 amide bonds. The van der Waals surface area contributed by atoms with E-state index in [4.69, 9.17) is 9.84 Å². The van der Waals surface area contributed by atoms with Gasteiger partial charge in [-0.05, 0) is 61.5 Å². The fourth-order valence-corrected chi connectivity index (χ4v) is 4.22. The van der Waals surface area contributed by atoms with E-state index in [-0.39, 0.29) is 12.6 Å². The lowest BCUT2D eigenvalue weighted by Crippen LogP contribution is -2.21. The number of aromatic nitrogens is 2. The second-order valence-electron chi connectivity index (χ2n) is 6.65. The quantitative estimate of drug-likeness (QED) is 0.576. The van der Waals surface area contributed by atoms with Crippen LogP contribution in [-0.4, -0.2) is 20.9 Å². The number of carboxylic acid groups (broad SMARTS) is 1. The number of hydrogen-bond acceptors (Lipinski definition) is 5. The van der Waals surface area contributed by atoms with Crippen molar-refractivity contribution in [3.8, 4) is 11.5 Å². The Balaban J connectivity index is 1.42. The van der Waals surface area contributed by atoms with E-state index in [0.717, 1.165) is 46.9 Å². The van der Waals surface area contributed by atoms with Crippen molar-refractivity contribution in [2.24, 2.45) is 0 Å². The third-order valence-electron chi connectivity index (χ3n) is 4.65. The molecule has 3 aromatic rings. The Morgan fingerprint density at radius 1 is 1.21 bits per heavy atom. The topological polar surface area (TPSA) is 76.4 Å². The zero-order valence-electron chi connectivity index (χ0n) is 15.2. The van der Waals surface area contributed by atoms with Crippen molar-refractivity contribution >= 4 is 17.9 Å². The maximum atomic E-state index is 11.0. The number of nitrogens with zero attached hydrogens (tertiary/aromatic N) is 2. The number of para-hydroxylation sites is 1. The smallest absolute Gasteiger partial charge is 0.325 e. The molecule has 0 fully saturated rings. The van der Waals surface area contributed by atoms with Crippen LogP contribution in [0.1, 0.15) is 30.1 Å². The molecule has 0 radical (unpaired) electrons. The molecule has 1 unspecified atom stereocenters. The van der Waals surface area contributed by atoms with E-state index in [1.54, 1.807) is 22.8 Å². The number of benzene rings is 2. The number of carboxylic acids is 1. The van der Waals surface area contributed by atoms with Gasteiger partial charge in [-0.2, -0.15) is 5.10 Å². The fraction of sp³-hybridized carbons (Fsp3) is 0.238. The van der Waals surface area contributed by atoms with Crippen LogP contribution in [0, 0.1) is 0 Å². The molecule has 6 nitrogen and oxygen atoms in total. The van der Waals surface area contributed by atoms with Crippen molar-refractivity contribution < 1.29 is 14.6 Å². The standard InChI is InChI=1S/C21H21N3O3S/c25-21(26)14-24-20-11-5-10-19(18(20)13-22-24)23-28-17-9-4-8-16(12-17)27-15-6-2-1-3-7-15/h1-4,6-9,12-13,19,23H,5,10-11,14H2,(H,25,26). The summed E-state index contributed by atoms with van der Waals surface area (Å²) in [5.41, 5.74) is 2.12. The van der Waals surface area contributed by atoms with Gasteiger partial charge in [0, 0.05) is 22.2 Å². The van der Waals surface area contributed by atoms with Gasteiger partial charge in [0.15, 0.2) is 0 Å². The number of nitrogens with one attached hydrogen (secondary N) is 1. The molecule has 0 aliphatic heterocycles. The number of hydrogen-bond donors (Lipinski definition) is 2. The van der Waals surface area contributed by atoms with Gasteiger partial charge in [-0.1, -0.05) is 24.3 Å². The number of aliphatic carboxylic acids is 1. The van der Waals surface area contributed by atoms with E-state index >= 15 is 0 Å². The fourth-order valence-electron chi connectivity index (χ4n) is 3.37. The minimum atomic E-state index is -0.870. The molecule has 28 heavy (non-hydrogen) atoms. The highest BCUT2D eigenvalue weighted by Gasteiger charge is 2.24. The van der Waals surface area contributed by atoms with Gasteiger partial charge in [0.2, 0.25) is 0 Å². The minimum Gasteiger partial charge on any atom is -0.480 e. The molecule has 1 aromatic heterocycles. The predicted molar refractivity (Wildman–Crippen MR) is 107 cm³/mol. The lowest BCUT2D eigenvalue weighted by Gasteiger charge is -2.23. The maximum Gasteiger partial charge on any atom is 0.325 e. The van der Waals surface area contributed by atoms with E-state index < -0.39 is 5.97 Å². The van der Waals surface area contributed by atoms with Gasteiger partial charge in [0.25, 0.3) is 0 Å². The first kappa shape index (κ1) is 18.6. The molecule has 144 valence electrons. The highest BCUT2D eigenvalue weighted by molar-refractivity contribution is 7.97. The summed E-state index contributed by atoms with van der Waals surface area (Å²) >= 11 is 1.56. The molecule has 2 N–H and O–H groups in total. The monoisotopic (exact) mass is 395 g/mol. The van der Waals surface area contributed by atoms with Crippen molar-refractivity contribution in [3.63, 3.8) is 0 Å². The first-order chi connectivity index (χ1) is 13.7. The summed E-state index contributed by atoms with van der Waals surface area (Å²) in [5.74, 6) is 0.725. The van der Waals surface area contributed by atoms with Crippen LogP contribution in [0.4, 0.5) is 0 Å². The van der Waals surface area contributed by atoms with E-state index in [2.05, 4.69) is 9.82 Å². The Morgan fingerprint density at radius 3 is 2.86 bits per heavy atom. The van der Waals surface area contributed by atoms with Crippen molar-refractivity contribution in [2.75, 3.05) is 0 Å². The number of carbonyl (C=O) groups is 1. The molecule has 4 rings (SSSR count). The van der Waals surface area contributed by atoms with Crippen LogP contribution in [0.5, 0.6) is 11.5 Å². The molecule has 0 saturated carbocycles. The van der Waals surface area contributed by atoms with Crippen molar-refractivity contribution in [1.29, 1.82) is 0 Å². The second-order valence-corrected chi connectivity index (χ2v) is 7.56. The summed E-state index contributed by atoms with van der Waals surface area (Å²) in [6, 6.07) is 17.8. The Kier molecular flexibility index (Phi) is 5.64. The Morgan fingerprint density at radius 2 is 2.04 bits per heavy atom. The Labute approximate surface area is 167 Å². The first-order valence-corrected chi connectivity index (χ1v) is 10.0. The van der Waals surface area contributed by atoms with Gasteiger partial charge in [-0.3, -0.25) is 14.2 Å². The predicted octanol–water partition coefficient (Wildman–Crippen LogP) is 4.43. The molecule has 1 atom stereocenters. The van der Waals surface area contributed by atoms with Gasteiger partial charge in [0.1, 0.15) is 18.0 Å². The molecule has 0 bridgehead atoms. The SMILES string of the molecule is O=C(O)Cn1ncc2c1CCCC2NSc1cccc(Oc2ccccc2)c1. The third kappa shape index (κ3) is 4.37.